The first-order valence-electron chi connectivity index (χ1n) is 16.9. The number of aliphatic hydroxyl groups is 1. The van der Waals surface area contributed by atoms with Gasteiger partial charge in [0.2, 0.25) is 11.8 Å². The molecule has 4 aromatic rings. The van der Waals surface area contributed by atoms with Crippen molar-refractivity contribution in [1.29, 1.82) is 0 Å². The number of Topliss-reactive ketones (excluding diaryl/α,β-unsaturated/α-hetero) is 1. The molecule has 250 valence electrons. The molecule has 1 saturated heterocycles. The summed E-state index contributed by atoms with van der Waals surface area (Å²) in [6.45, 7) is -0.176. The predicted molar refractivity (Wildman–Crippen MR) is 190 cm³/mol. The van der Waals surface area contributed by atoms with Crippen molar-refractivity contribution in [3.63, 3.8) is 0 Å². The zero-order valence-electron chi connectivity index (χ0n) is 27.1. The molecule has 1 aliphatic heterocycles. The van der Waals surface area contributed by atoms with Gasteiger partial charge in [-0.15, -0.1) is 0 Å². The maximum atomic E-state index is 15.2. The smallest absolute Gasteiger partial charge is 0.238 e. The van der Waals surface area contributed by atoms with Crippen molar-refractivity contribution < 1.29 is 29.0 Å². The number of fused-ring (bicyclic) bond motifs is 4. The number of imide groups is 1. The molecule has 1 N–H and O–H groups in total. The summed E-state index contributed by atoms with van der Waals surface area (Å²) in [5.74, 6) is -3.91. The maximum Gasteiger partial charge on any atom is 0.238 e. The van der Waals surface area contributed by atoms with E-state index in [1.165, 1.54) is 11.0 Å². The average Bonchev–Trinajstić information content (AvgIpc) is 3.41. The summed E-state index contributed by atoms with van der Waals surface area (Å²) in [5.41, 5.74) is 2.31. The molecular formula is C42H34ClNO6. The van der Waals surface area contributed by atoms with Crippen molar-refractivity contribution in [3.8, 4) is 5.75 Å². The quantitative estimate of drug-likeness (QED) is 0.171. The number of ether oxygens (including phenoxy) is 1. The third-order valence-corrected chi connectivity index (χ3v) is 11.3. The van der Waals surface area contributed by atoms with Crippen molar-refractivity contribution in [3.05, 3.63) is 149 Å². The molecule has 7 nitrogen and oxygen atoms in total. The average molecular weight is 684 g/mol. The number of hydrogen-bond donors (Lipinski definition) is 1. The molecule has 4 aliphatic rings. The van der Waals surface area contributed by atoms with Gasteiger partial charge in [-0.2, -0.15) is 0 Å². The lowest BCUT2D eigenvalue weighted by molar-refractivity contribution is -0.135. The van der Waals surface area contributed by atoms with E-state index in [9.17, 15) is 14.7 Å². The minimum Gasteiger partial charge on any atom is -0.491 e. The number of para-hydroxylation sites is 1. The fourth-order valence-corrected chi connectivity index (χ4v) is 9.20. The molecule has 4 aromatic carbocycles. The Hall–Kier alpha value is -5.11. The summed E-state index contributed by atoms with van der Waals surface area (Å²) in [5, 5.41) is 10.2. The molecule has 6 atom stereocenters. The molecule has 6 unspecified atom stereocenters. The molecular weight excluding hydrogens is 650 g/mol. The van der Waals surface area contributed by atoms with E-state index in [1.54, 1.807) is 30.3 Å². The summed E-state index contributed by atoms with van der Waals surface area (Å²) >= 11 is 6.15. The maximum absolute atomic E-state index is 15.2. The van der Waals surface area contributed by atoms with Crippen LogP contribution in [0.4, 0.5) is 5.69 Å². The van der Waals surface area contributed by atoms with Crippen molar-refractivity contribution >= 4 is 46.2 Å². The number of nitrogens with zero attached hydrogens (tertiary/aromatic N) is 1. The third-order valence-electron chi connectivity index (χ3n) is 11.0. The van der Waals surface area contributed by atoms with Crippen molar-refractivity contribution in [2.24, 2.45) is 23.7 Å². The lowest BCUT2D eigenvalue weighted by Crippen LogP contribution is -2.58. The van der Waals surface area contributed by atoms with E-state index in [0.29, 0.717) is 45.1 Å². The second kappa shape index (κ2) is 12.7. The lowest BCUT2D eigenvalue weighted by atomic mass is 9.44. The van der Waals surface area contributed by atoms with Gasteiger partial charge in [-0.3, -0.25) is 24.1 Å². The number of amides is 2. The van der Waals surface area contributed by atoms with Gasteiger partial charge >= 0.3 is 0 Å². The molecule has 3 aliphatic carbocycles. The summed E-state index contributed by atoms with van der Waals surface area (Å²) in [4.78, 5) is 60.1. The summed E-state index contributed by atoms with van der Waals surface area (Å²) in [6, 6.07) is 32.7. The topological polar surface area (TPSA) is 101 Å². The first-order valence-corrected chi connectivity index (χ1v) is 17.3. The highest BCUT2D eigenvalue weighted by Crippen LogP contribution is 2.64. The van der Waals surface area contributed by atoms with Crippen LogP contribution in [0, 0.1) is 23.7 Å². The Labute approximate surface area is 294 Å². The number of rotatable bonds is 7. The largest absolute Gasteiger partial charge is 0.491 e. The Kier molecular flexibility index (Phi) is 8.13. The highest BCUT2D eigenvalue weighted by atomic mass is 35.5. The first kappa shape index (κ1) is 32.1. The highest BCUT2D eigenvalue weighted by Gasteiger charge is 2.66. The van der Waals surface area contributed by atoms with E-state index in [-0.39, 0.29) is 43.0 Å². The van der Waals surface area contributed by atoms with Gasteiger partial charge in [-0.25, -0.2) is 0 Å². The number of aliphatic hydroxyl groups excluding tert-OH is 1. The van der Waals surface area contributed by atoms with Gasteiger partial charge in [-0.1, -0.05) is 102 Å². The first-order chi connectivity index (χ1) is 24.4. The fraction of sp³-hybridized carbons (Fsp3) is 0.238. The Morgan fingerprint density at radius 2 is 1.48 bits per heavy atom. The zero-order chi connectivity index (χ0) is 34.6. The summed E-state index contributed by atoms with van der Waals surface area (Å²) < 4.78 is 6.11. The van der Waals surface area contributed by atoms with Crippen LogP contribution >= 0.6 is 11.6 Å². The van der Waals surface area contributed by atoms with Gasteiger partial charge in [0.05, 0.1) is 29.5 Å². The van der Waals surface area contributed by atoms with Gasteiger partial charge in [0.1, 0.15) is 12.4 Å². The minimum atomic E-state index is -1.37. The number of allylic oxidation sites excluding steroid dienone is 4. The molecule has 50 heavy (non-hydrogen) atoms. The monoisotopic (exact) mass is 683 g/mol. The van der Waals surface area contributed by atoms with Crippen LogP contribution in [0.25, 0.3) is 5.57 Å². The number of carbonyl (C=O) groups is 4. The van der Waals surface area contributed by atoms with Crippen LogP contribution in [0.3, 0.4) is 0 Å². The van der Waals surface area contributed by atoms with E-state index in [4.69, 9.17) is 16.3 Å². The van der Waals surface area contributed by atoms with Crippen molar-refractivity contribution in [1.82, 2.24) is 0 Å². The lowest BCUT2D eigenvalue weighted by Gasteiger charge is -2.55. The third kappa shape index (κ3) is 4.83. The molecule has 8 heteroatoms. The Morgan fingerprint density at radius 1 is 0.800 bits per heavy atom. The number of hydrogen-bond acceptors (Lipinski definition) is 6. The van der Waals surface area contributed by atoms with Gasteiger partial charge in [0.25, 0.3) is 0 Å². The number of benzene rings is 4. The van der Waals surface area contributed by atoms with E-state index in [2.05, 4.69) is 0 Å². The van der Waals surface area contributed by atoms with Crippen molar-refractivity contribution in [2.45, 2.75) is 24.2 Å². The van der Waals surface area contributed by atoms with Gasteiger partial charge < -0.3 is 9.84 Å². The Bertz CT molecular complexity index is 2070. The number of halogens is 1. The van der Waals surface area contributed by atoms with E-state index in [0.717, 1.165) is 5.57 Å². The summed E-state index contributed by atoms with van der Waals surface area (Å²) in [7, 11) is 0. The SMILES string of the molecule is O=C1C(c2ccccc2)=CC(=O)C2(c3ccccc3)C1CC1C(=CCC3C(=O)N(c4ccc(Cl)cc4)C(=O)C31)C2c1ccccc1OCCO. The minimum absolute atomic E-state index is 0.0344. The molecule has 0 aromatic heterocycles. The van der Waals surface area contributed by atoms with Gasteiger partial charge in [0.15, 0.2) is 11.6 Å². The predicted octanol–water partition coefficient (Wildman–Crippen LogP) is 6.74. The van der Waals surface area contributed by atoms with Crippen LogP contribution in [0.2, 0.25) is 5.02 Å². The highest BCUT2D eigenvalue weighted by molar-refractivity contribution is 6.32. The molecule has 2 fully saturated rings. The molecule has 0 spiro atoms. The molecule has 1 heterocycles. The van der Waals surface area contributed by atoms with E-state index < -0.39 is 35.0 Å². The fourth-order valence-electron chi connectivity index (χ4n) is 9.07. The van der Waals surface area contributed by atoms with Crippen molar-refractivity contribution in [2.75, 3.05) is 18.1 Å². The second-order valence-corrected chi connectivity index (χ2v) is 13.8. The standard InChI is InChI=1S/C42H34ClNO6/c43-27-15-17-28(18-16-27)44-40(48)31-20-19-29-33(37(31)41(44)49)23-34-39(47)32(25-9-3-1-4-10-25)24-36(46)42(34,26-11-5-2-6-12-26)38(29)30-13-7-8-14-35(30)50-22-21-45/h1-19,24,31,33-34,37-38,45H,20-23H2. The van der Waals surface area contributed by atoms with Gasteiger partial charge in [-0.05, 0) is 66.3 Å². The van der Waals surface area contributed by atoms with Crippen LogP contribution in [-0.4, -0.2) is 41.7 Å². The van der Waals surface area contributed by atoms with Crippen LogP contribution in [0.5, 0.6) is 5.75 Å². The normalized spacial score (nSPS) is 27.2. The Morgan fingerprint density at radius 3 is 2.20 bits per heavy atom. The van der Waals surface area contributed by atoms with Crippen LogP contribution < -0.4 is 9.64 Å². The molecule has 0 bridgehead atoms. The number of anilines is 1. The van der Waals surface area contributed by atoms with Crippen LogP contribution in [0.15, 0.2) is 127 Å². The molecule has 1 saturated carbocycles. The van der Waals surface area contributed by atoms with Crippen LogP contribution in [-0.2, 0) is 24.6 Å². The van der Waals surface area contributed by atoms with Gasteiger partial charge in [0, 0.05) is 28.0 Å². The molecule has 0 radical (unpaired) electrons. The molecule has 8 rings (SSSR count). The zero-order valence-corrected chi connectivity index (χ0v) is 27.8. The number of ketones is 2. The van der Waals surface area contributed by atoms with E-state index >= 15 is 9.59 Å². The summed E-state index contributed by atoms with van der Waals surface area (Å²) in [6.07, 6.45) is 4.06. The Balaban J connectivity index is 1.36. The van der Waals surface area contributed by atoms with Crippen LogP contribution in [0.1, 0.15) is 35.4 Å². The molecule has 2 amide bonds. The second-order valence-electron chi connectivity index (χ2n) is 13.4. The number of carbonyl (C=O) groups excluding carboxylic acids is 4. The van der Waals surface area contributed by atoms with E-state index in [1.807, 2.05) is 84.9 Å².